The summed E-state index contributed by atoms with van der Waals surface area (Å²) in [6.45, 7) is 0. The van der Waals surface area contributed by atoms with Gasteiger partial charge in [-0.15, -0.1) is 0 Å². The number of ether oxygens (including phenoxy) is 1. The van der Waals surface area contributed by atoms with Crippen LogP contribution >= 0.6 is 0 Å². The maximum absolute atomic E-state index is 7.13. The van der Waals surface area contributed by atoms with Gasteiger partial charge in [-0.3, -0.25) is 0 Å². The van der Waals surface area contributed by atoms with Crippen LogP contribution in [0.15, 0.2) is 152 Å². The Morgan fingerprint density at radius 2 is 1.18 bits per heavy atom. The summed E-state index contributed by atoms with van der Waals surface area (Å²) < 4.78 is 7.13. The molecule has 11 rings (SSSR count). The van der Waals surface area contributed by atoms with Crippen LogP contribution in [0.25, 0.3) is 61.4 Å². The first-order valence-electron chi connectivity index (χ1n) is 17.4. The molecule has 0 fully saturated rings. The molecule has 0 saturated carbocycles. The quantitative estimate of drug-likeness (QED) is 0.189. The zero-order chi connectivity index (χ0) is 32.8. The summed E-state index contributed by atoms with van der Waals surface area (Å²) in [4.78, 5) is 10.6. The van der Waals surface area contributed by atoms with E-state index >= 15 is 0 Å². The summed E-state index contributed by atoms with van der Waals surface area (Å²) in [6.07, 6.45) is 6.34. The first-order valence-corrected chi connectivity index (χ1v) is 17.4. The molecule has 3 nitrogen and oxygen atoms in total. The van der Waals surface area contributed by atoms with Crippen molar-refractivity contribution in [2.24, 2.45) is 0 Å². The minimum atomic E-state index is -0.616. The van der Waals surface area contributed by atoms with Crippen LogP contribution in [-0.2, 0) is 11.8 Å². The van der Waals surface area contributed by atoms with E-state index in [-0.39, 0.29) is 0 Å². The topological polar surface area (TPSA) is 35.0 Å². The van der Waals surface area contributed by atoms with Crippen molar-refractivity contribution < 1.29 is 4.74 Å². The first kappa shape index (κ1) is 27.6. The molecule has 1 aliphatic heterocycles. The monoisotopic (exact) mass is 638 g/mol. The molecular weight excluding hydrogens is 609 g/mol. The molecule has 234 valence electrons. The summed E-state index contributed by atoms with van der Waals surface area (Å²) in [5.41, 5.74) is 12.0. The second kappa shape index (κ2) is 10.3. The first-order chi connectivity index (χ1) is 24.8. The van der Waals surface area contributed by atoms with Crippen LogP contribution in [-0.4, -0.2) is 9.97 Å². The van der Waals surface area contributed by atoms with Crippen molar-refractivity contribution in [3.05, 3.63) is 185 Å². The lowest BCUT2D eigenvalue weighted by Crippen LogP contribution is -2.32. The molecule has 2 heterocycles. The van der Waals surface area contributed by atoms with Crippen LogP contribution in [0.4, 0.5) is 0 Å². The SMILES string of the molecule is C1=Cc2nc(-c3ccc4c(c3)C3(c5ccccc5-4)c4ccc5ccccc5c4Oc4c3ccc3ccccc43)nc(-c3ccccc3)c2CC1. The molecule has 7 aromatic carbocycles. The molecule has 1 aromatic heterocycles. The van der Waals surface area contributed by atoms with E-state index < -0.39 is 5.41 Å². The van der Waals surface area contributed by atoms with Crippen LogP contribution in [0.2, 0.25) is 0 Å². The van der Waals surface area contributed by atoms with Crippen molar-refractivity contribution in [3.63, 3.8) is 0 Å². The van der Waals surface area contributed by atoms with Gasteiger partial charge in [0.05, 0.1) is 16.8 Å². The Morgan fingerprint density at radius 1 is 0.520 bits per heavy atom. The van der Waals surface area contributed by atoms with Gasteiger partial charge >= 0.3 is 0 Å². The van der Waals surface area contributed by atoms with Crippen LogP contribution in [0.5, 0.6) is 11.5 Å². The Kier molecular flexibility index (Phi) is 5.71. The van der Waals surface area contributed by atoms with Crippen LogP contribution < -0.4 is 4.74 Å². The summed E-state index contributed by atoms with van der Waals surface area (Å²) in [5.74, 6) is 2.58. The minimum Gasteiger partial charge on any atom is -0.455 e. The fraction of sp³-hybridized carbons (Fsp3) is 0.0638. The highest BCUT2D eigenvalue weighted by molar-refractivity contribution is 6.00. The Labute approximate surface area is 290 Å². The van der Waals surface area contributed by atoms with Gasteiger partial charge in [0.1, 0.15) is 11.5 Å². The van der Waals surface area contributed by atoms with Gasteiger partial charge in [-0.2, -0.15) is 0 Å². The van der Waals surface area contributed by atoms with Crippen molar-refractivity contribution >= 4 is 27.6 Å². The highest BCUT2D eigenvalue weighted by Gasteiger charge is 2.52. The van der Waals surface area contributed by atoms with Crippen molar-refractivity contribution in [2.45, 2.75) is 18.3 Å². The standard InChI is InChI=1S/C47H30N2O/c1-2-14-31(15-3-1)43-37-19-9-11-21-42(37)48-46(49-43)32-22-25-36-35-18-8-10-20-38(35)47(41(36)28-32)39-26-23-29-12-4-6-16-33(29)44(39)50-45-34-17-7-5-13-30(34)24-27-40(45)47/h1-8,10-18,20-28H,9,19H2. The van der Waals surface area contributed by atoms with Gasteiger partial charge in [0.25, 0.3) is 0 Å². The summed E-state index contributed by atoms with van der Waals surface area (Å²) in [7, 11) is 0. The number of allylic oxidation sites excluding steroid dienone is 1. The molecule has 1 spiro atoms. The van der Waals surface area contributed by atoms with E-state index in [2.05, 4.69) is 158 Å². The van der Waals surface area contributed by atoms with Gasteiger partial charge in [0.2, 0.25) is 0 Å². The Bertz CT molecular complexity index is 2660. The maximum Gasteiger partial charge on any atom is 0.160 e. The predicted octanol–water partition coefficient (Wildman–Crippen LogP) is 11.5. The van der Waals surface area contributed by atoms with Gasteiger partial charge in [-0.25, -0.2) is 9.97 Å². The largest absolute Gasteiger partial charge is 0.455 e. The average Bonchev–Trinajstić information content (AvgIpc) is 3.47. The highest BCUT2D eigenvalue weighted by Crippen LogP contribution is 2.64. The van der Waals surface area contributed by atoms with E-state index in [1.165, 1.54) is 27.8 Å². The number of aromatic nitrogens is 2. The number of nitrogens with zero attached hydrogens (tertiary/aromatic N) is 2. The minimum absolute atomic E-state index is 0.616. The predicted molar refractivity (Wildman–Crippen MR) is 203 cm³/mol. The average molecular weight is 639 g/mol. The van der Waals surface area contributed by atoms with Crippen LogP contribution in [0.1, 0.15) is 39.9 Å². The molecule has 50 heavy (non-hydrogen) atoms. The zero-order valence-corrected chi connectivity index (χ0v) is 27.2. The fourth-order valence-corrected chi connectivity index (χ4v) is 8.81. The van der Waals surface area contributed by atoms with Crippen molar-refractivity contribution in [2.75, 3.05) is 0 Å². The second-order valence-corrected chi connectivity index (χ2v) is 13.6. The Hall–Kier alpha value is -6.32. The number of benzene rings is 7. The van der Waals surface area contributed by atoms with E-state index in [4.69, 9.17) is 14.7 Å². The molecule has 0 unspecified atom stereocenters. The molecule has 3 aliphatic rings. The molecule has 0 saturated heterocycles. The number of rotatable bonds is 2. The van der Waals surface area contributed by atoms with Crippen molar-refractivity contribution in [1.82, 2.24) is 9.97 Å². The lowest BCUT2D eigenvalue weighted by Gasteiger charge is -2.40. The normalized spacial score (nSPS) is 14.5. The van der Waals surface area contributed by atoms with E-state index in [1.54, 1.807) is 0 Å². The van der Waals surface area contributed by atoms with Crippen molar-refractivity contribution in [1.29, 1.82) is 0 Å². The fourth-order valence-electron chi connectivity index (χ4n) is 8.81. The molecular formula is C47H30N2O. The van der Waals surface area contributed by atoms with Gasteiger partial charge < -0.3 is 4.74 Å². The van der Waals surface area contributed by atoms with Crippen LogP contribution in [0.3, 0.4) is 0 Å². The molecule has 0 radical (unpaired) electrons. The van der Waals surface area contributed by atoms with Gasteiger partial charge in [0, 0.05) is 38.6 Å². The third-order valence-electron chi connectivity index (χ3n) is 11.0. The number of fused-ring (bicyclic) bond motifs is 14. The summed E-state index contributed by atoms with van der Waals surface area (Å²) >= 11 is 0. The van der Waals surface area contributed by atoms with E-state index in [0.29, 0.717) is 0 Å². The second-order valence-electron chi connectivity index (χ2n) is 13.6. The molecule has 3 heteroatoms. The van der Waals surface area contributed by atoms with Gasteiger partial charge in [-0.1, -0.05) is 146 Å². The van der Waals surface area contributed by atoms with Gasteiger partial charge in [-0.05, 0) is 58.0 Å². The molecule has 0 atom stereocenters. The summed E-state index contributed by atoms with van der Waals surface area (Å²) in [5, 5.41) is 4.55. The Balaban J connectivity index is 1.25. The summed E-state index contributed by atoms with van der Waals surface area (Å²) in [6, 6.07) is 52.6. The van der Waals surface area contributed by atoms with Crippen molar-refractivity contribution in [3.8, 4) is 45.3 Å². The van der Waals surface area contributed by atoms with E-state index in [9.17, 15) is 0 Å². The third-order valence-corrected chi connectivity index (χ3v) is 11.0. The maximum atomic E-state index is 7.13. The Morgan fingerprint density at radius 3 is 1.94 bits per heavy atom. The smallest absolute Gasteiger partial charge is 0.160 e. The molecule has 0 bridgehead atoms. The zero-order valence-electron chi connectivity index (χ0n) is 27.2. The molecule has 0 amide bonds. The van der Waals surface area contributed by atoms with E-state index in [1.807, 2.05) is 0 Å². The lowest BCUT2D eigenvalue weighted by molar-refractivity contribution is 0.447. The lowest BCUT2D eigenvalue weighted by atomic mass is 9.65. The number of hydrogen-bond acceptors (Lipinski definition) is 3. The third kappa shape index (κ3) is 3.69. The highest BCUT2D eigenvalue weighted by atomic mass is 16.5. The molecule has 2 aliphatic carbocycles. The number of hydrogen-bond donors (Lipinski definition) is 0. The molecule has 0 N–H and O–H groups in total. The van der Waals surface area contributed by atoms with E-state index in [0.717, 1.165) is 85.4 Å². The molecule has 8 aromatic rings. The van der Waals surface area contributed by atoms with Gasteiger partial charge in [0.15, 0.2) is 5.82 Å². The van der Waals surface area contributed by atoms with Crippen LogP contribution in [0, 0.1) is 0 Å².